The number of ether oxygens (including phenoxy) is 1. The Morgan fingerprint density at radius 3 is 2.65 bits per heavy atom. The monoisotopic (exact) mass is 254 g/mol. The van der Waals surface area contributed by atoms with Crippen LogP contribution in [-0.2, 0) is 4.74 Å². The van der Waals surface area contributed by atoms with Crippen molar-refractivity contribution in [3.05, 3.63) is 0 Å². The average Bonchev–Trinajstić information content (AvgIpc) is 2.64. The molecular formula is C11H21F3N2O. The summed E-state index contributed by atoms with van der Waals surface area (Å²) in [6.07, 6.45) is -3.39. The Morgan fingerprint density at radius 2 is 2.12 bits per heavy atom. The van der Waals surface area contributed by atoms with Crippen molar-refractivity contribution in [1.29, 1.82) is 0 Å². The van der Waals surface area contributed by atoms with Crippen LogP contribution in [0.15, 0.2) is 0 Å². The molecule has 0 radical (unpaired) electrons. The fourth-order valence-electron chi connectivity index (χ4n) is 2.04. The van der Waals surface area contributed by atoms with Gasteiger partial charge in [-0.15, -0.1) is 13.2 Å². The van der Waals surface area contributed by atoms with Gasteiger partial charge in [-0.05, 0) is 39.3 Å². The van der Waals surface area contributed by atoms with Gasteiger partial charge in [-0.3, -0.25) is 4.74 Å². The maximum Gasteiger partial charge on any atom is 0.522 e. The van der Waals surface area contributed by atoms with Gasteiger partial charge in [-0.1, -0.05) is 0 Å². The fraction of sp³-hybridized carbons (Fsp3) is 1.00. The maximum absolute atomic E-state index is 11.7. The first-order chi connectivity index (χ1) is 7.88. The summed E-state index contributed by atoms with van der Waals surface area (Å²) in [5, 5.41) is 3.01. The van der Waals surface area contributed by atoms with Crippen molar-refractivity contribution in [3.63, 3.8) is 0 Å². The largest absolute Gasteiger partial charge is 0.522 e. The van der Waals surface area contributed by atoms with Crippen LogP contribution in [0.4, 0.5) is 13.2 Å². The minimum Gasteiger partial charge on any atom is -0.314 e. The number of hydrogen-bond donors (Lipinski definition) is 1. The third-order valence-corrected chi connectivity index (χ3v) is 3.03. The summed E-state index contributed by atoms with van der Waals surface area (Å²) in [5.41, 5.74) is 0. The van der Waals surface area contributed by atoms with Crippen LogP contribution in [0.2, 0.25) is 0 Å². The Hall–Kier alpha value is -0.330. The van der Waals surface area contributed by atoms with Gasteiger partial charge in [0.15, 0.2) is 0 Å². The molecule has 0 aromatic heterocycles. The smallest absolute Gasteiger partial charge is 0.314 e. The lowest BCUT2D eigenvalue weighted by Crippen LogP contribution is -2.32. The van der Waals surface area contributed by atoms with Crippen LogP contribution in [-0.4, -0.2) is 50.1 Å². The summed E-state index contributed by atoms with van der Waals surface area (Å²) >= 11 is 0. The van der Waals surface area contributed by atoms with Crippen LogP contribution in [0.1, 0.15) is 20.3 Å². The molecule has 1 aliphatic heterocycles. The Morgan fingerprint density at radius 1 is 1.41 bits per heavy atom. The van der Waals surface area contributed by atoms with E-state index in [1.807, 2.05) is 0 Å². The molecule has 1 unspecified atom stereocenters. The molecule has 1 atom stereocenters. The third kappa shape index (κ3) is 6.24. The molecular weight excluding hydrogens is 233 g/mol. The predicted octanol–water partition coefficient (Wildman–Crippen LogP) is 1.84. The molecule has 1 N–H and O–H groups in total. The molecule has 1 heterocycles. The summed E-state index contributed by atoms with van der Waals surface area (Å²) in [6, 6.07) is 0.550. The minimum atomic E-state index is -4.51. The molecule has 3 nitrogen and oxygen atoms in total. The van der Waals surface area contributed by atoms with Gasteiger partial charge in [0, 0.05) is 19.1 Å². The number of alkyl halides is 3. The van der Waals surface area contributed by atoms with Gasteiger partial charge >= 0.3 is 6.36 Å². The van der Waals surface area contributed by atoms with Crippen LogP contribution < -0.4 is 5.32 Å². The topological polar surface area (TPSA) is 24.5 Å². The zero-order valence-corrected chi connectivity index (χ0v) is 10.4. The molecule has 0 aliphatic carbocycles. The number of halogens is 3. The van der Waals surface area contributed by atoms with Crippen molar-refractivity contribution in [1.82, 2.24) is 10.2 Å². The van der Waals surface area contributed by atoms with E-state index in [-0.39, 0.29) is 13.2 Å². The number of nitrogens with one attached hydrogen (secondary N) is 1. The van der Waals surface area contributed by atoms with Crippen LogP contribution in [0.5, 0.6) is 0 Å². The molecule has 0 aromatic rings. The van der Waals surface area contributed by atoms with Crippen molar-refractivity contribution >= 4 is 0 Å². The standard InChI is InChI=1S/C11H21F3N2O/c1-9(2)16-5-3-10(8-16)7-15-4-6-17-11(12,13)14/h9-10,15H,3-8H2,1-2H3. The van der Waals surface area contributed by atoms with E-state index in [1.54, 1.807) is 0 Å². The van der Waals surface area contributed by atoms with Gasteiger partial charge in [0.05, 0.1) is 6.61 Å². The molecule has 102 valence electrons. The molecule has 0 aromatic carbocycles. The highest BCUT2D eigenvalue weighted by molar-refractivity contribution is 4.78. The maximum atomic E-state index is 11.7. The lowest BCUT2D eigenvalue weighted by Gasteiger charge is -2.20. The number of hydrogen-bond acceptors (Lipinski definition) is 3. The molecule has 0 bridgehead atoms. The quantitative estimate of drug-likeness (QED) is 0.732. The first kappa shape index (κ1) is 14.7. The first-order valence-corrected chi connectivity index (χ1v) is 6.04. The zero-order valence-electron chi connectivity index (χ0n) is 10.4. The second-order valence-electron chi connectivity index (χ2n) is 4.74. The fourth-order valence-corrected chi connectivity index (χ4v) is 2.04. The molecule has 1 saturated heterocycles. The first-order valence-electron chi connectivity index (χ1n) is 6.04. The van der Waals surface area contributed by atoms with E-state index in [1.165, 1.54) is 0 Å². The lowest BCUT2D eigenvalue weighted by molar-refractivity contribution is -0.323. The highest BCUT2D eigenvalue weighted by atomic mass is 19.4. The molecule has 0 amide bonds. The molecule has 1 aliphatic rings. The van der Waals surface area contributed by atoms with Gasteiger partial charge in [-0.2, -0.15) is 0 Å². The van der Waals surface area contributed by atoms with Crippen LogP contribution in [0, 0.1) is 5.92 Å². The van der Waals surface area contributed by atoms with Crippen molar-refractivity contribution in [2.45, 2.75) is 32.7 Å². The Balaban J connectivity index is 2.01. The Kier molecular flexibility index (Phi) is 5.69. The number of likely N-dealkylation sites (tertiary alicyclic amines) is 1. The zero-order chi connectivity index (χ0) is 12.9. The summed E-state index contributed by atoms with van der Waals surface area (Å²) in [4.78, 5) is 2.39. The number of rotatable bonds is 6. The van der Waals surface area contributed by atoms with Gasteiger partial charge in [0.25, 0.3) is 0 Å². The Labute approximate surface area is 100 Å². The van der Waals surface area contributed by atoms with Crippen LogP contribution >= 0.6 is 0 Å². The summed E-state index contributed by atoms with van der Waals surface area (Å²) < 4.78 is 38.7. The second kappa shape index (κ2) is 6.56. The van der Waals surface area contributed by atoms with Gasteiger partial charge < -0.3 is 10.2 Å². The summed E-state index contributed by atoms with van der Waals surface area (Å²) in [7, 11) is 0. The number of nitrogens with zero attached hydrogens (tertiary/aromatic N) is 1. The third-order valence-electron chi connectivity index (χ3n) is 3.03. The summed E-state index contributed by atoms with van der Waals surface area (Å²) in [6.45, 7) is 7.14. The van der Waals surface area contributed by atoms with Gasteiger partial charge in [0.2, 0.25) is 0 Å². The van der Waals surface area contributed by atoms with E-state index in [0.717, 1.165) is 26.1 Å². The molecule has 1 fully saturated rings. The van der Waals surface area contributed by atoms with E-state index in [4.69, 9.17) is 0 Å². The lowest BCUT2D eigenvalue weighted by atomic mass is 10.1. The van der Waals surface area contributed by atoms with E-state index in [2.05, 4.69) is 28.8 Å². The van der Waals surface area contributed by atoms with Gasteiger partial charge in [0.1, 0.15) is 0 Å². The van der Waals surface area contributed by atoms with Crippen molar-refractivity contribution in [2.24, 2.45) is 5.92 Å². The highest BCUT2D eigenvalue weighted by Gasteiger charge is 2.28. The predicted molar refractivity (Wildman–Crippen MR) is 59.7 cm³/mol. The SMILES string of the molecule is CC(C)N1CCC(CNCCOC(F)(F)F)C1. The van der Waals surface area contributed by atoms with Gasteiger partial charge in [-0.25, -0.2) is 0 Å². The molecule has 0 spiro atoms. The molecule has 1 rings (SSSR count). The van der Waals surface area contributed by atoms with E-state index < -0.39 is 6.36 Å². The highest BCUT2D eigenvalue weighted by Crippen LogP contribution is 2.17. The molecule has 6 heteroatoms. The van der Waals surface area contributed by atoms with E-state index in [9.17, 15) is 13.2 Å². The molecule has 17 heavy (non-hydrogen) atoms. The van der Waals surface area contributed by atoms with E-state index >= 15 is 0 Å². The van der Waals surface area contributed by atoms with Crippen LogP contribution in [0.25, 0.3) is 0 Å². The molecule has 0 saturated carbocycles. The Bertz CT molecular complexity index is 221. The summed E-state index contributed by atoms with van der Waals surface area (Å²) in [5.74, 6) is 0.545. The van der Waals surface area contributed by atoms with Crippen LogP contribution in [0.3, 0.4) is 0 Å². The van der Waals surface area contributed by atoms with Crippen molar-refractivity contribution < 1.29 is 17.9 Å². The van der Waals surface area contributed by atoms with Crippen molar-refractivity contribution in [2.75, 3.05) is 32.8 Å². The van der Waals surface area contributed by atoms with Crippen molar-refractivity contribution in [3.8, 4) is 0 Å². The second-order valence-corrected chi connectivity index (χ2v) is 4.74. The normalized spacial score (nSPS) is 22.6. The van der Waals surface area contributed by atoms with E-state index in [0.29, 0.717) is 12.0 Å². The average molecular weight is 254 g/mol. The minimum absolute atomic E-state index is 0.248.